The van der Waals surface area contributed by atoms with Gasteiger partial charge in [-0.05, 0) is 80.8 Å². The van der Waals surface area contributed by atoms with Crippen molar-refractivity contribution in [1.82, 2.24) is 4.90 Å². The van der Waals surface area contributed by atoms with Crippen LogP contribution in [0.15, 0.2) is 36.4 Å². The Bertz CT molecular complexity index is 765. The van der Waals surface area contributed by atoms with Gasteiger partial charge in [0.1, 0.15) is 11.6 Å². The molecule has 0 amide bonds. The molecule has 2 aromatic carbocycles. The summed E-state index contributed by atoms with van der Waals surface area (Å²) in [5, 5.41) is 0. The zero-order chi connectivity index (χ0) is 20.8. The Morgan fingerprint density at radius 3 is 2.21 bits per heavy atom. The maximum absolute atomic E-state index is 14.0. The molecule has 158 valence electrons. The van der Waals surface area contributed by atoms with Gasteiger partial charge in [0.25, 0.3) is 0 Å². The molecule has 0 spiro atoms. The Kier molecular flexibility index (Phi) is 7.79. The molecule has 0 heterocycles. The van der Waals surface area contributed by atoms with Crippen molar-refractivity contribution in [2.45, 2.75) is 64.3 Å². The first kappa shape index (κ1) is 21.9. The Morgan fingerprint density at radius 2 is 1.55 bits per heavy atom. The molecule has 1 saturated carbocycles. The van der Waals surface area contributed by atoms with E-state index in [-0.39, 0.29) is 5.56 Å². The fourth-order valence-electron chi connectivity index (χ4n) is 5.14. The van der Waals surface area contributed by atoms with Crippen molar-refractivity contribution < 1.29 is 8.78 Å². The van der Waals surface area contributed by atoms with Gasteiger partial charge in [-0.25, -0.2) is 8.78 Å². The normalized spacial score (nSPS) is 19.7. The summed E-state index contributed by atoms with van der Waals surface area (Å²) in [7, 11) is 0. The number of aryl methyl sites for hydroxylation is 2. The van der Waals surface area contributed by atoms with Crippen LogP contribution in [0.2, 0.25) is 0 Å². The van der Waals surface area contributed by atoms with Crippen LogP contribution in [-0.4, -0.2) is 30.6 Å². The van der Waals surface area contributed by atoms with Gasteiger partial charge in [-0.2, -0.15) is 0 Å². The van der Waals surface area contributed by atoms with Gasteiger partial charge in [0, 0.05) is 24.7 Å². The molecule has 1 aliphatic rings. The average molecular weight is 401 g/mol. The number of hydrogen-bond donors (Lipinski definition) is 1. The lowest BCUT2D eigenvalue weighted by molar-refractivity contribution is 0.137. The summed E-state index contributed by atoms with van der Waals surface area (Å²) in [6, 6.07) is 11.1. The molecule has 2 atom stereocenters. The van der Waals surface area contributed by atoms with Crippen molar-refractivity contribution in [2.24, 2.45) is 5.73 Å². The number of nitrogens with zero attached hydrogens (tertiary/aromatic N) is 1. The van der Waals surface area contributed by atoms with Gasteiger partial charge in [0.2, 0.25) is 0 Å². The van der Waals surface area contributed by atoms with Crippen LogP contribution in [-0.2, 0) is 6.42 Å². The Balaban J connectivity index is 1.75. The smallest absolute Gasteiger partial charge is 0.129 e. The lowest BCUT2D eigenvalue weighted by Crippen LogP contribution is -2.44. The molecule has 0 aliphatic heterocycles. The molecule has 0 radical (unpaired) electrons. The van der Waals surface area contributed by atoms with Gasteiger partial charge in [-0.1, -0.05) is 37.1 Å². The van der Waals surface area contributed by atoms with Crippen molar-refractivity contribution in [3.8, 4) is 0 Å². The van der Waals surface area contributed by atoms with E-state index in [9.17, 15) is 8.78 Å². The molecule has 2 unspecified atom stereocenters. The molecule has 29 heavy (non-hydrogen) atoms. The summed E-state index contributed by atoms with van der Waals surface area (Å²) in [4.78, 5) is 2.48. The first-order valence-corrected chi connectivity index (χ1v) is 11.0. The summed E-state index contributed by atoms with van der Waals surface area (Å²) in [6.45, 7) is 6.66. The molecular weight excluding hydrogens is 366 g/mol. The topological polar surface area (TPSA) is 29.3 Å². The second-order valence-electron chi connectivity index (χ2n) is 8.39. The zero-order valence-corrected chi connectivity index (χ0v) is 17.8. The summed E-state index contributed by atoms with van der Waals surface area (Å²) in [6.07, 6.45) is 5.99. The molecule has 3 rings (SSSR count). The SMILES string of the molecule is Cc1cccc(C)c1C1CCCCC1N(CCN)CCCc1c(F)cccc1F. The average Bonchev–Trinajstić information content (AvgIpc) is 2.70. The third kappa shape index (κ3) is 5.23. The monoisotopic (exact) mass is 400 g/mol. The minimum atomic E-state index is -0.443. The predicted molar refractivity (Wildman–Crippen MR) is 116 cm³/mol. The highest BCUT2D eigenvalue weighted by Gasteiger charge is 2.32. The molecule has 1 fully saturated rings. The van der Waals surface area contributed by atoms with Gasteiger partial charge in [-0.15, -0.1) is 0 Å². The first-order chi connectivity index (χ1) is 14.0. The van der Waals surface area contributed by atoms with Crippen molar-refractivity contribution in [1.29, 1.82) is 0 Å². The summed E-state index contributed by atoms with van der Waals surface area (Å²) in [5.74, 6) is -0.385. The molecular formula is C25H34F2N2. The number of hydrogen-bond acceptors (Lipinski definition) is 2. The van der Waals surface area contributed by atoms with Crippen LogP contribution in [0, 0.1) is 25.5 Å². The van der Waals surface area contributed by atoms with Crippen LogP contribution in [0.3, 0.4) is 0 Å². The maximum Gasteiger partial charge on any atom is 0.129 e. The van der Waals surface area contributed by atoms with Crippen molar-refractivity contribution >= 4 is 0 Å². The highest BCUT2D eigenvalue weighted by atomic mass is 19.1. The van der Waals surface area contributed by atoms with Crippen LogP contribution < -0.4 is 5.73 Å². The third-order valence-corrected chi connectivity index (χ3v) is 6.46. The molecule has 2 aromatic rings. The molecule has 0 saturated heterocycles. The second kappa shape index (κ2) is 10.3. The minimum absolute atomic E-state index is 0.204. The lowest BCUT2D eigenvalue weighted by atomic mass is 9.76. The predicted octanol–water partition coefficient (Wildman–Crippen LogP) is 5.50. The molecule has 0 bridgehead atoms. The quantitative estimate of drug-likeness (QED) is 0.634. The van der Waals surface area contributed by atoms with E-state index in [1.807, 2.05) is 0 Å². The van der Waals surface area contributed by atoms with E-state index >= 15 is 0 Å². The Labute approximate surface area is 174 Å². The van der Waals surface area contributed by atoms with Gasteiger partial charge in [-0.3, -0.25) is 4.90 Å². The van der Waals surface area contributed by atoms with E-state index in [4.69, 9.17) is 5.73 Å². The van der Waals surface area contributed by atoms with Gasteiger partial charge >= 0.3 is 0 Å². The van der Waals surface area contributed by atoms with E-state index in [0.29, 0.717) is 24.9 Å². The number of benzene rings is 2. The lowest BCUT2D eigenvalue weighted by Gasteiger charge is -2.41. The number of rotatable bonds is 8. The van der Waals surface area contributed by atoms with Gasteiger partial charge in [0.15, 0.2) is 0 Å². The van der Waals surface area contributed by atoms with E-state index in [0.717, 1.165) is 25.9 Å². The second-order valence-corrected chi connectivity index (χ2v) is 8.39. The van der Waals surface area contributed by atoms with E-state index in [1.165, 1.54) is 54.2 Å². The highest BCUT2D eigenvalue weighted by Crippen LogP contribution is 2.39. The minimum Gasteiger partial charge on any atom is -0.329 e. The molecule has 2 N–H and O–H groups in total. The van der Waals surface area contributed by atoms with Crippen molar-refractivity contribution in [3.63, 3.8) is 0 Å². The van der Waals surface area contributed by atoms with Crippen LogP contribution in [0.25, 0.3) is 0 Å². The van der Waals surface area contributed by atoms with Crippen LogP contribution in [0.4, 0.5) is 8.78 Å². The molecule has 0 aromatic heterocycles. The van der Waals surface area contributed by atoms with Gasteiger partial charge in [0.05, 0.1) is 0 Å². The molecule has 4 heteroatoms. The summed E-state index contributed by atoms with van der Waals surface area (Å²) >= 11 is 0. The Morgan fingerprint density at radius 1 is 0.931 bits per heavy atom. The summed E-state index contributed by atoms with van der Waals surface area (Å²) in [5.41, 5.74) is 10.4. The molecule has 1 aliphatic carbocycles. The fourth-order valence-corrected chi connectivity index (χ4v) is 5.14. The van der Waals surface area contributed by atoms with E-state index < -0.39 is 11.6 Å². The standard InChI is InChI=1S/C25H34F2N2/c1-18-8-5-9-19(2)25(18)21-10-3-4-14-24(21)29(17-15-28)16-7-11-20-22(26)12-6-13-23(20)27/h5-6,8-9,12-13,21,24H,3-4,7,10-11,14-17,28H2,1-2H3. The van der Waals surface area contributed by atoms with Crippen LogP contribution >= 0.6 is 0 Å². The number of halogens is 2. The van der Waals surface area contributed by atoms with Gasteiger partial charge < -0.3 is 5.73 Å². The zero-order valence-electron chi connectivity index (χ0n) is 17.8. The van der Waals surface area contributed by atoms with Crippen LogP contribution in [0.1, 0.15) is 60.3 Å². The van der Waals surface area contributed by atoms with E-state index in [1.54, 1.807) is 0 Å². The Hall–Kier alpha value is -1.78. The largest absolute Gasteiger partial charge is 0.329 e. The first-order valence-electron chi connectivity index (χ1n) is 11.0. The van der Waals surface area contributed by atoms with E-state index in [2.05, 4.69) is 36.9 Å². The van der Waals surface area contributed by atoms with Crippen LogP contribution in [0.5, 0.6) is 0 Å². The summed E-state index contributed by atoms with van der Waals surface area (Å²) < 4.78 is 28.0. The number of nitrogens with two attached hydrogens (primary N) is 1. The van der Waals surface area contributed by atoms with Crippen molar-refractivity contribution in [3.05, 3.63) is 70.3 Å². The highest BCUT2D eigenvalue weighted by molar-refractivity contribution is 5.37. The maximum atomic E-state index is 14.0. The third-order valence-electron chi connectivity index (χ3n) is 6.46. The molecule has 2 nitrogen and oxygen atoms in total. The van der Waals surface area contributed by atoms with Crippen molar-refractivity contribution in [2.75, 3.05) is 19.6 Å². The fraction of sp³-hybridized carbons (Fsp3) is 0.520.